The van der Waals surface area contributed by atoms with Crippen LogP contribution in [0.1, 0.15) is 47.3 Å². The number of aldehydes is 1. The molecule has 4 rings (SSSR count). The molecular weight excluding hydrogens is 506 g/mol. The standard InChI is InChI=1S/C28H32ClN5O4/c1-18(19-4-3-5-24(36)13-19)31-26(37)16-34(2)15-21-7-6-20(12-22(21)17-35)27-25(29)14-30-28(33-27)32-23-8-10-38-11-9-23/h3-7,12-14,17-18,23,36H,8-11,15-16H2,1-2H3,(H,31,37)(H,30,32,33). The Hall–Kier alpha value is -3.53. The second-order valence-electron chi connectivity index (χ2n) is 9.51. The van der Waals surface area contributed by atoms with Gasteiger partial charge in [0.15, 0.2) is 0 Å². The zero-order valence-electron chi connectivity index (χ0n) is 21.5. The average Bonchev–Trinajstić information content (AvgIpc) is 2.90. The first kappa shape index (κ1) is 27.5. The lowest BCUT2D eigenvalue weighted by Gasteiger charge is -2.23. The minimum Gasteiger partial charge on any atom is -0.508 e. The Bertz CT molecular complexity index is 1280. The van der Waals surface area contributed by atoms with E-state index < -0.39 is 0 Å². The van der Waals surface area contributed by atoms with Crippen LogP contribution in [0.3, 0.4) is 0 Å². The van der Waals surface area contributed by atoms with Crippen LogP contribution in [-0.2, 0) is 16.1 Å². The first-order valence-electron chi connectivity index (χ1n) is 12.5. The zero-order chi connectivity index (χ0) is 27.1. The summed E-state index contributed by atoms with van der Waals surface area (Å²) in [6.07, 6.45) is 4.12. The summed E-state index contributed by atoms with van der Waals surface area (Å²) < 4.78 is 5.40. The Morgan fingerprint density at radius 2 is 2.05 bits per heavy atom. The van der Waals surface area contributed by atoms with E-state index in [0.717, 1.165) is 30.3 Å². The van der Waals surface area contributed by atoms with Gasteiger partial charge in [0.2, 0.25) is 11.9 Å². The van der Waals surface area contributed by atoms with Crippen LogP contribution in [0.4, 0.5) is 5.95 Å². The summed E-state index contributed by atoms with van der Waals surface area (Å²) in [7, 11) is 1.82. The number of aromatic nitrogens is 2. The molecule has 10 heteroatoms. The molecule has 1 fully saturated rings. The molecule has 3 N–H and O–H groups in total. The van der Waals surface area contributed by atoms with Gasteiger partial charge in [-0.2, -0.15) is 0 Å². The van der Waals surface area contributed by atoms with Crippen LogP contribution in [-0.4, -0.2) is 65.0 Å². The molecule has 1 aliphatic heterocycles. The molecule has 1 amide bonds. The summed E-state index contributed by atoms with van der Waals surface area (Å²) in [5, 5.41) is 16.3. The number of benzene rings is 2. The molecule has 3 aromatic rings. The number of phenolic OH excluding ortho intramolecular Hbond substituents is 1. The van der Waals surface area contributed by atoms with Crippen molar-refractivity contribution in [3.63, 3.8) is 0 Å². The van der Waals surface area contributed by atoms with Crippen molar-refractivity contribution in [2.24, 2.45) is 0 Å². The van der Waals surface area contributed by atoms with E-state index in [1.165, 1.54) is 0 Å². The lowest BCUT2D eigenvalue weighted by atomic mass is 10.0. The summed E-state index contributed by atoms with van der Waals surface area (Å²) in [5.41, 5.74) is 3.34. The third-order valence-electron chi connectivity index (χ3n) is 6.45. The summed E-state index contributed by atoms with van der Waals surface area (Å²) in [5.74, 6) is 0.476. The Morgan fingerprint density at radius 1 is 1.26 bits per heavy atom. The van der Waals surface area contributed by atoms with Gasteiger partial charge >= 0.3 is 0 Å². The summed E-state index contributed by atoms with van der Waals surface area (Å²) in [4.78, 5) is 35.3. The fraction of sp³-hybridized carbons (Fsp3) is 0.357. The van der Waals surface area contributed by atoms with Gasteiger partial charge in [-0.05, 0) is 56.1 Å². The number of hydrogen-bond donors (Lipinski definition) is 3. The molecule has 1 atom stereocenters. The highest BCUT2D eigenvalue weighted by molar-refractivity contribution is 6.32. The smallest absolute Gasteiger partial charge is 0.234 e. The van der Waals surface area contributed by atoms with Gasteiger partial charge in [0.1, 0.15) is 12.0 Å². The van der Waals surface area contributed by atoms with Gasteiger partial charge in [-0.3, -0.25) is 14.5 Å². The van der Waals surface area contributed by atoms with Crippen LogP contribution >= 0.6 is 11.6 Å². The Kier molecular flexibility index (Phi) is 9.28. The maximum Gasteiger partial charge on any atom is 0.234 e. The topological polar surface area (TPSA) is 117 Å². The number of phenols is 1. The number of anilines is 1. The third kappa shape index (κ3) is 7.28. The van der Waals surface area contributed by atoms with Crippen LogP contribution in [0.25, 0.3) is 11.3 Å². The van der Waals surface area contributed by atoms with Crippen molar-refractivity contribution in [1.29, 1.82) is 0 Å². The molecule has 9 nitrogen and oxygen atoms in total. The second-order valence-corrected chi connectivity index (χ2v) is 9.92. The monoisotopic (exact) mass is 537 g/mol. The van der Waals surface area contributed by atoms with Gasteiger partial charge in [0.25, 0.3) is 0 Å². The molecule has 38 heavy (non-hydrogen) atoms. The number of aromatic hydroxyl groups is 1. The maximum absolute atomic E-state index is 12.6. The van der Waals surface area contributed by atoms with Crippen molar-refractivity contribution in [3.8, 4) is 17.0 Å². The highest BCUT2D eigenvalue weighted by Crippen LogP contribution is 2.28. The lowest BCUT2D eigenvalue weighted by Crippen LogP contribution is -2.36. The summed E-state index contributed by atoms with van der Waals surface area (Å²) in [6.45, 7) is 3.81. The number of nitrogens with one attached hydrogen (secondary N) is 2. The van der Waals surface area contributed by atoms with E-state index in [-0.39, 0.29) is 30.3 Å². The van der Waals surface area contributed by atoms with Crippen molar-refractivity contribution in [1.82, 2.24) is 20.2 Å². The van der Waals surface area contributed by atoms with E-state index >= 15 is 0 Å². The Balaban J connectivity index is 1.41. The number of nitrogens with zero attached hydrogens (tertiary/aromatic N) is 3. The molecule has 0 spiro atoms. The molecule has 200 valence electrons. The van der Waals surface area contributed by atoms with Crippen molar-refractivity contribution in [2.45, 2.75) is 38.4 Å². The molecule has 2 aromatic carbocycles. The largest absolute Gasteiger partial charge is 0.508 e. The number of rotatable bonds is 10. The predicted octanol–water partition coefficient (Wildman–Crippen LogP) is 4.22. The van der Waals surface area contributed by atoms with Gasteiger partial charge in [0.05, 0.1) is 29.5 Å². The maximum atomic E-state index is 12.6. The van der Waals surface area contributed by atoms with Crippen LogP contribution in [0.15, 0.2) is 48.7 Å². The van der Waals surface area contributed by atoms with E-state index in [1.807, 2.05) is 37.1 Å². The molecule has 0 aliphatic carbocycles. The van der Waals surface area contributed by atoms with E-state index in [1.54, 1.807) is 30.5 Å². The predicted molar refractivity (Wildman–Crippen MR) is 146 cm³/mol. The summed E-state index contributed by atoms with van der Waals surface area (Å²) >= 11 is 6.42. The van der Waals surface area contributed by atoms with Gasteiger partial charge < -0.3 is 20.5 Å². The minimum atomic E-state index is -0.253. The normalized spacial score (nSPS) is 14.7. The van der Waals surface area contributed by atoms with Crippen LogP contribution in [0, 0.1) is 0 Å². The second kappa shape index (κ2) is 12.8. The highest BCUT2D eigenvalue weighted by atomic mass is 35.5. The van der Waals surface area contributed by atoms with Crippen LogP contribution in [0.2, 0.25) is 5.02 Å². The number of amides is 1. The Morgan fingerprint density at radius 3 is 2.79 bits per heavy atom. The minimum absolute atomic E-state index is 0.141. The number of halogens is 1. The van der Waals surface area contributed by atoms with Crippen molar-refractivity contribution in [2.75, 3.05) is 32.1 Å². The lowest BCUT2D eigenvalue weighted by molar-refractivity contribution is -0.122. The highest BCUT2D eigenvalue weighted by Gasteiger charge is 2.18. The number of ether oxygens (including phenoxy) is 1. The van der Waals surface area contributed by atoms with E-state index in [9.17, 15) is 14.7 Å². The zero-order valence-corrected chi connectivity index (χ0v) is 22.2. The van der Waals surface area contributed by atoms with Gasteiger partial charge in [-0.25, -0.2) is 9.97 Å². The van der Waals surface area contributed by atoms with Crippen molar-refractivity contribution >= 4 is 29.7 Å². The molecule has 2 heterocycles. The van der Waals surface area contributed by atoms with Gasteiger partial charge in [-0.1, -0.05) is 35.9 Å². The molecule has 0 radical (unpaired) electrons. The number of carbonyl (C=O) groups is 2. The molecule has 1 unspecified atom stereocenters. The molecule has 1 aliphatic rings. The van der Waals surface area contributed by atoms with E-state index in [0.29, 0.717) is 47.6 Å². The van der Waals surface area contributed by atoms with Crippen LogP contribution < -0.4 is 10.6 Å². The fourth-order valence-corrected chi connectivity index (χ4v) is 4.62. The van der Waals surface area contributed by atoms with Gasteiger partial charge in [0, 0.05) is 36.9 Å². The number of carbonyl (C=O) groups excluding carboxylic acids is 2. The molecule has 1 saturated heterocycles. The number of likely N-dealkylation sites (N-methyl/N-ethyl adjacent to an activating group) is 1. The SMILES string of the molecule is CC(NC(=O)CN(C)Cc1ccc(-c2nc(NC3CCOCC3)ncc2Cl)cc1C=O)c1cccc(O)c1. The summed E-state index contributed by atoms with van der Waals surface area (Å²) in [6, 6.07) is 12.3. The molecule has 1 aromatic heterocycles. The first-order valence-corrected chi connectivity index (χ1v) is 12.9. The van der Waals surface area contributed by atoms with Crippen molar-refractivity contribution in [3.05, 3.63) is 70.4 Å². The molecule has 0 saturated carbocycles. The fourth-order valence-electron chi connectivity index (χ4n) is 4.42. The first-order chi connectivity index (χ1) is 18.3. The van der Waals surface area contributed by atoms with E-state index in [4.69, 9.17) is 16.3 Å². The molecule has 0 bridgehead atoms. The number of hydrogen-bond acceptors (Lipinski definition) is 8. The average molecular weight is 538 g/mol. The van der Waals surface area contributed by atoms with Crippen LogP contribution in [0.5, 0.6) is 5.75 Å². The van der Waals surface area contributed by atoms with Gasteiger partial charge in [-0.15, -0.1) is 0 Å². The van der Waals surface area contributed by atoms with E-state index in [2.05, 4.69) is 20.6 Å². The van der Waals surface area contributed by atoms with Crippen molar-refractivity contribution < 1.29 is 19.4 Å². The third-order valence-corrected chi connectivity index (χ3v) is 6.72. The molecular formula is C28H32ClN5O4. The quantitative estimate of drug-likeness (QED) is 0.329. The Labute approximate surface area is 227 Å².